The molecule has 0 spiro atoms. The maximum Gasteiger partial charge on any atom is 0.326 e. The molecule has 2 amide bonds. The Bertz CT molecular complexity index is 495. The van der Waals surface area contributed by atoms with E-state index in [4.69, 9.17) is 5.73 Å². The molecule has 7 nitrogen and oxygen atoms in total. The number of carbonyl (C=O) groups is 3. The highest BCUT2D eigenvalue weighted by Crippen LogP contribution is 2.28. The highest BCUT2D eigenvalue weighted by molar-refractivity contribution is 7.98. The summed E-state index contributed by atoms with van der Waals surface area (Å²) >= 11 is 1.57. The molecular weight excluding hydrogens is 366 g/mol. The molecule has 27 heavy (non-hydrogen) atoms. The molecule has 1 saturated carbocycles. The Kier molecular flexibility index (Phi) is 10.8. The molecule has 0 radical (unpaired) electrons. The second-order valence-electron chi connectivity index (χ2n) is 7.56. The predicted octanol–water partition coefficient (Wildman–Crippen LogP) is 1.60. The number of hydrogen-bond donors (Lipinski definition) is 4. The fourth-order valence-corrected chi connectivity index (χ4v) is 3.76. The van der Waals surface area contributed by atoms with Crippen molar-refractivity contribution in [2.45, 2.75) is 64.5 Å². The van der Waals surface area contributed by atoms with Crippen LogP contribution in [-0.4, -0.2) is 53.5 Å². The third kappa shape index (κ3) is 8.09. The molecule has 3 atom stereocenters. The van der Waals surface area contributed by atoms with Crippen LogP contribution < -0.4 is 16.4 Å². The fourth-order valence-electron chi connectivity index (χ4n) is 3.29. The van der Waals surface area contributed by atoms with Gasteiger partial charge < -0.3 is 21.5 Å². The molecule has 0 heterocycles. The van der Waals surface area contributed by atoms with Crippen LogP contribution in [0.15, 0.2) is 0 Å². The number of carboxylic acid groups (broad SMARTS) is 1. The summed E-state index contributed by atoms with van der Waals surface area (Å²) in [5.41, 5.74) is 5.94. The molecule has 1 fully saturated rings. The number of aliphatic carboxylic acids is 1. The fraction of sp³-hybridized carbons (Fsp3) is 0.842. The monoisotopic (exact) mass is 401 g/mol. The van der Waals surface area contributed by atoms with Gasteiger partial charge in [0.05, 0.1) is 6.04 Å². The molecule has 0 aromatic heterocycles. The zero-order valence-corrected chi connectivity index (χ0v) is 17.5. The lowest BCUT2D eigenvalue weighted by atomic mass is 9.81. The van der Waals surface area contributed by atoms with Gasteiger partial charge in [-0.2, -0.15) is 11.8 Å². The zero-order valence-electron chi connectivity index (χ0n) is 16.7. The van der Waals surface area contributed by atoms with E-state index >= 15 is 0 Å². The average molecular weight is 402 g/mol. The SMILES string of the molecule is CC[C@H](C)[C@H](N)C(=O)NCC1CCC(C(=O)N[C@H](CCSC)C(=O)O)CC1. The molecule has 156 valence electrons. The van der Waals surface area contributed by atoms with Gasteiger partial charge in [-0.3, -0.25) is 9.59 Å². The van der Waals surface area contributed by atoms with Gasteiger partial charge in [0.15, 0.2) is 0 Å². The maximum absolute atomic E-state index is 12.4. The van der Waals surface area contributed by atoms with Gasteiger partial charge in [0.25, 0.3) is 0 Å². The Hall–Kier alpha value is -1.28. The number of amides is 2. The smallest absolute Gasteiger partial charge is 0.326 e. The van der Waals surface area contributed by atoms with Crippen molar-refractivity contribution in [1.29, 1.82) is 0 Å². The minimum absolute atomic E-state index is 0.109. The van der Waals surface area contributed by atoms with Crippen molar-refractivity contribution in [3.05, 3.63) is 0 Å². The molecule has 0 bridgehead atoms. The van der Waals surface area contributed by atoms with E-state index in [1.165, 1.54) is 0 Å². The second kappa shape index (κ2) is 12.2. The largest absolute Gasteiger partial charge is 0.480 e. The van der Waals surface area contributed by atoms with E-state index in [2.05, 4.69) is 10.6 Å². The third-order valence-electron chi connectivity index (χ3n) is 5.57. The predicted molar refractivity (Wildman–Crippen MR) is 108 cm³/mol. The van der Waals surface area contributed by atoms with Gasteiger partial charge in [-0.25, -0.2) is 4.79 Å². The summed E-state index contributed by atoms with van der Waals surface area (Å²) in [4.78, 5) is 35.7. The van der Waals surface area contributed by atoms with Crippen molar-refractivity contribution >= 4 is 29.5 Å². The van der Waals surface area contributed by atoms with Crippen molar-refractivity contribution in [3.8, 4) is 0 Å². The minimum atomic E-state index is -0.980. The highest BCUT2D eigenvalue weighted by atomic mass is 32.2. The van der Waals surface area contributed by atoms with Gasteiger partial charge in [0.1, 0.15) is 6.04 Å². The Morgan fingerprint density at radius 2 is 1.85 bits per heavy atom. The first-order chi connectivity index (χ1) is 12.8. The van der Waals surface area contributed by atoms with Crippen LogP contribution in [0.25, 0.3) is 0 Å². The molecule has 0 aliphatic heterocycles. The van der Waals surface area contributed by atoms with Crippen LogP contribution in [0.5, 0.6) is 0 Å². The van der Waals surface area contributed by atoms with Crippen LogP contribution in [0.3, 0.4) is 0 Å². The van der Waals surface area contributed by atoms with Gasteiger partial charge in [-0.15, -0.1) is 0 Å². The van der Waals surface area contributed by atoms with Crippen molar-refractivity contribution in [1.82, 2.24) is 10.6 Å². The molecule has 8 heteroatoms. The summed E-state index contributed by atoms with van der Waals surface area (Å²) in [6, 6.07) is -1.30. The van der Waals surface area contributed by atoms with Crippen LogP contribution in [0, 0.1) is 17.8 Å². The van der Waals surface area contributed by atoms with E-state index in [9.17, 15) is 19.5 Å². The molecule has 5 N–H and O–H groups in total. The summed E-state index contributed by atoms with van der Waals surface area (Å²) in [6.07, 6.45) is 6.34. The van der Waals surface area contributed by atoms with Crippen molar-refractivity contribution in [3.63, 3.8) is 0 Å². The summed E-state index contributed by atoms with van der Waals surface area (Å²) in [7, 11) is 0. The lowest BCUT2D eigenvalue weighted by Crippen LogP contribution is -2.47. The summed E-state index contributed by atoms with van der Waals surface area (Å²) in [5.74, 6) is -0.205. The second-order valence-corrected chi connectivity index (χ2v) is 8.54. The van der Waals surface area contributed by atoms with Crippen LogP contribution in [0.1, 0.15) is 52.4 Å². The zero-order chi connectivity index (χ0) is 20.4. The average Bonchev–Trinajstić information content (AvgIpc) is 2.67. The Labute approximate surface area is 166 Å². The summed E-state index contributed by atoms with van der Waals surface area (Å²) < 4.78 is 0. The summed E-state index contributed by atoms with van der Waals surface area (Å²) in [5, 5.41) is 14.9. The lowest BCUT2D eigenvalue weighted by Gasteiger charge is -2.29. The van der Waals surface area contributed by atoms with Crippen molar-refractivity contribution < 1.29 is 19.5 Å². The third-order valence-corrected chi connectivity index (χ3v) is 6.21. The van der Waals surface area contributed by atoms with Crippen molar-refractivity contribution in [2.75, 3.05) is 18.6 Å². The lowest BCUT2D eigenvalue weighted by molar-refractivity contribution is -0.142. The van der Waals surface area contributed by atoms with Gasteiger partial charge in [-0.05, 0) is 55.9 Å². The first kappa shape index (κ1) is 23.8. The molecule has 0 unspecified atom stereocenters. The molecule has 1 aliphatic rings. The minimum Gasteiger partial charge on any atom is -0.480 e. The van der Waals surface area contributed by atoms with Crippen LogP contribution in [-0.2, 0) is 14.4 Å². The first-order valence-electron chi connectivity index (χ1n) is 9.85. The topological polar surface area (TPSA) is 122 Å². The van der Waals surface area contributed by atoms with E-state index in [1.54, 1.807) is 11.8 Å². The van der Waals surface area contributed by atoms with E-state index in [-0.39, 0.29) is 23.7 Å². The molecule has 0 aromatic carbocycles. The normalized spacial score (nSPS) is 23.1. The number of nitrogens with one attached hydrogen (secondary N) is 2. The first-order valence-corrected chi connectivity index (χ1v) is 11.2. The standard InChI is InChI=1S/C19H35N3O4S/c1-4-12(2)16(20)18(24)21-11-13-5-7-14(8-6-13)17(23)22-15(19(25)26)9-10-27-3/h12-16H,4-11,20H2,1-3H3,(H,21,24)(H,22,23)(H,25,26)/t12-,13?,14?,15+,16-/m0/s1. The van der Waals surface area contributed by atoms with Gasteiger partial charge >= 0.3 is 5.97 Å². The highest BCUT2D eigenvalue weighted by Gasteiger charge is 2.29. The van der Waals surface area contributed by atoms with Gasteiger partial charge in [-0.1, -0.05) is 20.3 Å². The Balaban J connectivity index is 2.37. The number of hydrogen-bond acceptors (Lipinski definition) is 5. The quantitative estimate of drug-likeness (QED) is 0.417. The van der Waals surface area contributed by atoms with Crippen LogP contribution >= 0.6 is 11.8 Å². The summed E-state index contributed by atoms with van der Waals surface area (Å²) in [6.45, 7) is 4.57. The van der Waals surface area contributed by atoms with Crippen molar-refractivity contribution in [2.24, 2.45) is 23.5 Å². The molecule has 0 aromatic rings. The molecule has 0 saturated heterocycles. The number of carbonyl (C=O) groups excluding carboxylic acids is 2. The van der Waals surface area contributed by atoms with E-state index in [0.717, 1.165) is 32.1 Å². The van der Waals surface area contributed by atoms with E-state index < -0.39 is 18.1 Å². The van der Waals surface area contributed by atoms with E-state index in [1.807, 2.05) is 20.1 Å². The van der Waals surface area contributed by atoms with Crippen LogP contribution in [0.2, 0.25) is 0 Å². The number of thioether (sulfide) groups is 1. The molecular formula is C19H35N3O4S. The van der Waals surface area contributed by atoms with Gasteiger partial charge in [0, 0.05) is 12.5 Å². The number of rotatable bonds is 11. The number of nitrogens with two attached hydrogens (primary N) is 1. The van der Waals surface area contributed by atoms with Gasteiger partial charge in [0.2, 0.25) is 11.8 Å². The number of carboxylic acids is 1. The molecule has 1 aliphatic carbocycles. The maximum atomic E-state index is 12.4. The Morgan fingerprint density at radius 3 is 2.37 bits per heavy atom. The molecule has 1 rings (SSSR count). The Morgan fingerprint density at radius 1 is 1.22 bits per heavy atom. The van der Waals surface area contributed by atoms with Crippen LogP contribution in [0.4, 0.5) is 0 Å². The van der Waals surface area contributed by atoms with E-state index in [0.29, 0.717) is 24.6 Å².